The Morgan fingerprint density at radius 3 is 2.44 bits per heavy atom. The number of benzene rings is 2. The number of amides is 2. The van der Waals surface area contributed by atoms with Crippen LogP contribution in [0, 0.1) is 0 Å². The molecule has 0 spiro atoms. The molecule has 7 heteroatoms. The summed E-state index contributed by atoms with van der Waals surface area (Å²) in [4.78, 5) is 25.4. The van der Waals surface area contributed by atoms with Crippen LogP contribution in [0.2, 0.25) is 5.02 Å². The highest BCUT2D eigenvalue weighted by molar-refractivity contribution is 7.80. The van der Waals surface area contributed by atoms with Gasteiger partial charge in [0.1, 0.15) is 0 Å². The molecule has 27 heavy (non-hydrogen) atoms. The fraction of sp³-hybridized carbons (Fsp3) is 0.250. The van der Waals surface area contributed by atoms with Gasteiger partial charge in [0, 0.05) is 31.2 Å². The maximum absolute atomic E-state index is 12.1. The van der Waals surface area contributed by atoms with Crippen molar-refractivity contribution in [1.82, 2.24) is 10.2 Å². The Kier molecular flexibility index (Phi) is 7.76. The first-order chi connectivity index (χ1) is 12.8. The third-order valence-corrected chi connectivity index (χ3v) is 4.30. The van der Waals surface area contributed by atoms with Gasteiger partial charge in [-0.3, -0.25) is 9.59 Å². The van der Waals surface area contributed by atoms with Crippen LogP contribution in [0.3, 0.4) is 0 Å². The molecule has 0 aliphatic carbocycles. The molecule has 0 bridgehead atoms. The molecule has 0 aliphatic heterocycles. The largest absolute Gasteiger partial charge is 0.349 e. The smallest absolute Gasteiger partial charge is 0.230 e. The number of aryl methyl sites for hydroxylation is 1. The lowest BCUT2D eigenvalue weighted by molar-refractivity contribution is -0.128. The molecule has 0 saturated heterocycles. The van der Waals surface area contributed by atoms with Gasteiger partial charge in [-0.2, -0.15) is 0 Å². The molecule has 5 nitrogen and oxygen atoms in total. The van der Waals surface area contributed by atoms with Gasteiger partial charge < -0.3 is 15.5 Å². The first kappa shape index (κ1) is 20.9. The minimum Gasteiger partial charge on any atom is -0.349 e. The Morgan fingerprint density at radius 2 is 1.78 bits per heavy atom. The number of carbonyl (C=O) groups excluding carboxylic acids is 2. The normalized spacial score (nSPS) is 10.2. The van der Waals surface area contributed by atoms with Gasteiger partial charge in [-0.1, -0.05) is 35.9 Å². The summed E-state index contributed by atoms with van der Waals surface area (Å²) in [6.07, 6.45) is 1.30. The van der Waals surface area contributed by atoms with Crippen LogP contribution in [-0.4, -0.2) is 35.9 Å². The van der Waals surface area contributed by atoms with Crippen molar-refractivity contribution in [3.63, 3.8) is 0 Å². The summed E-state index contributed by atoms with van der Waals surface area (Å²) < 4.78 is 0. The van der Waals surface area contributed by atoms with Gasteiger partial charge in [0.2, 0.25) is 11.8 Å². The zero-order chi connectivity index (χ0) is 19.8. The molecule has 0 fully saturated rings. The van der Waals surface area contributed by atoms with E-state index in [0.29, 0.717) is 17.9 Å². The molecule has 0 aromatic heterocycles. The van der Waals surface area contributed by atoms with E-state index in [4.69, 9.17) is 23.8 Å². The van der Waals surface area contributed by atoms with Crippen LogP contribution >= 0.6 is 23.8 Å². The monoisotopic (exact) mass is 403 g/mol. The average Bonchev–Trinajstić information content (AvgIpc) is 2.61. The van der Waals surface area contributed by atoms with Gasteiger partial charge >= 0.3 is 0 Å². The predicted molar refractivity (Wildman–Crippen MR) is 113 cm³/mol. The molecule has 2 aromatic rings. The number of hydrogen-bond acceptors (Lipinski definition) is 3. The Bertz CT molecular complexity index is 822. The lowest BCUT2D eigenvalue weighted by Gasteiger charge is -2.12. The maximum Gasteiger partial charge on any atom is 0.230 e. The number of anilines is 1. The Balaban J connectivity index is 1.85. The summed E-state index contributed by atoms with van der Waals surface area (Å²) in [5.74, 6) is -0.124. The average molecular weight is 404 g/mol. The zero-order valence-corrected chi connectivity index (χ0v) is 16.9. The number of halogens is 1. The molecule has 2 aromatic carbocycles. The van der Waals surface area contributed by atoms with Crippen LogP contribution in [-0.2, 0) is 22.4 Å². The second kappa shape index (κ2) is 10.0. The first-order valence-corrected chi connectivity index (χ1v) is 9.26. The van der Waals surface area contributed by atoms with Gasteiger partial charge in [-0.15, -0.1) is 0 Å². The predicted octanol–water partition coefficient (Wildman–Crippen LogP) is 3.42. The van der Waals surface area contributed by atoms with Crippen LogP contribution in [0.5, 0.6) is 0 Å². The van der Waals surface area contributed by atoms with Gasteiger partial charge in [-0.05, 0) is 54.0 Å². The fourth-order valence-electron chi connectivity index (χ4n) is 2.40. The SMILES string of the molecule is CN(C)C(=O)CCc1cccc(NC(=S)NC(=O)Cc2ccc(Cl)cc2)c1. The molecule has 0 unspecified atom stereocenters. The quantitative estimate of drug-likeness (QED) is 0.725. The minimum atomic E-state index is -0.206. The highest BCUT2D eigenvalue weighted by Crippen LogP contribution is 2.13. The summed E-state index contributed by atoms with van der Waals surface area (Å²) in [7, 11) is 3.48. The fourth-order valence-corrected chi connectivity index (χ4v) is 2.76. The van der Waals surface area contributed by atoms with Crippen LogP contribution in [0.25, 0.3) is 0 Å². The lowest BCUT2D eigenvalue weighted by Crippen LogP contribution is -2.35. The molecule has 142 valence electrons. The van der Waals surface area contributed by atoms with Crippen molar-refractivity contribution < 1.29 is 9.59 Å². The third kappa shape index (κ3) is 7.37. The molecular weight excluding hydrogens is 382 g/mol. The van der Waals surface area contributed by atoms with E-state index in [0.717, 1.165) is 16.8 Å². The molecule has 0 atom stereocenters. The maximum atomic E-state index is 12.1. The number of hydrogen-bond donors (Lipinski definition) is 2. The van der Waals surface area contributed by atoms with Crippen LogP contribution in [0.1, 0.15) is 17.5 Å². The second-order valence-corrected chi connectivity index (χ2v) is 7.14. The van der Waals surface area contributed by atoms with E-state index in [1.165, 1.54) is 0 Å². The van der Waals surface area contributed by atoms with Gasteiger partial charge in [0.15, 0.2) is 5.11 Å². The lowest BCUT2D eigenvalue weighted by atomic mass is 10.1. The second-order valence-electron chi connectivity index (χ2n) is 6.29. The minimum absolute atomic E-state index is 0.0818. The number of rotatable bonds is 6. The standard InChI is InChI=1S/C20H22ClN3O2S/c1-24(2)19(26)11-8-14-4-3-5-17(12-14)22-20(27)23-18(25)13-15-6-9-16(21)10-7-15/h3-7,9-10,12H,8,11,13H2,1-2H3,(H2,22,23,25,27). The van der Waals surface area contributed by atoms with Crippen molar-refractivity contribution in [3.05, 3.63) is 64.7 Å². The Hall–Kier alpha value is -2.44. The Labute approximate surface area is 169 Å². The van der Waals surface area contributed by atoms with E-state index in [-0.39, 0.29) is 23.3 Å². The summed E-state index contributed by atoms with van der Waals surface area (Å²) in [6.45, 7) is 0. The summed E-state index contributed by atoms with van der Waals surface area (Å²) in [6, 6.07) is 14.7. The van der Waals surface area contributed by atoms with Crippen molar-refractivity contribution >= 4 is 46.4 Å². The molecule has 2 N–H and O–H groups in total. The van der Waals surface area contributed by atoms with Crippen molar-refractivity contribution in [2.75, 3.05) is 19.4 Å². The van der Waals surface area contributed by atoms with Gasteiger partial charge in [0.25, 0.3) is 0 Å². The molecule has 0 saturated carbocycles. The molecule has 0 aliphatic rings. The molecule has 2 rings (SSSR count). The molecule has 0 heterocycles. The van der Waals surface area contributed by atoms with Crippen LogP contribution in [0.15, 0.2) is 48.5 Å². The topological polar surface area (TPSA) is 61.4 Å². The molecule has 2 amide bonds. The highest BCUT2D eigenvalue weighted by atomic mass is 35.5. The van der Waals surface area contributed by atoms with E-state index in [2.05, 4.69) is 10.6 Å². The summed E-state index contributed by atoms with van der Waals surface area (Å²) in [5.41, 5.74) is 2.64. The number of nitrogens with zero attached hydrogens (tertiary/aromatic N) is 1. The number of nitrogens with one attached hydrogen (secondary N) is 2. The van der Waals surface area contributed by atoms with Crippen LogP contribution in [0.4, 0.5) is 5.69 Å². The van der Waals surface area contributed by atoms with Gasteiger partial charge in [-0.25, -0.2) is 0 Å². The van der Waals surface area contributed by atoms with E-state index < -0.39 is 0 Å². The van der Waals surface area contributed by atoms with E-state index in [1.54, 1.807) is 43.3 Å². The number of thiocarbonyl (C=S) groups is 1. The summed E-state index contributed by atoms with van der Waals surface area (Å²) >= 11 is 11.0. The third-order valence-electron chi connectivity index (χ3n) is 3.84. The van der Waals surface area contributed by atoms with E-state index in [9.17, 15) is 9.59 Å². The molecular formula is C20H22ClN3O2S. The first-order valence-electron chi connectivity index (χ1n) is 8.48. The zero-order valence-electron chi connectivity index (χ0n) is 15.3. The van der Waals surface area contributed by atoms with Crippen molar-refractivity contribution in [2.45, 2.75) is 19.3 Å². The van der Waals surface area contributed by atoms with Crippen LogP contribution < -0.4 is 10.6 Å². The summed E-state index contributed by atoms with van der Waals surface area (Å²) in [5, 5.41) is 6.53. The number of carbonyl (C=O) groups is 2. The van der Waals surface area contributed by atoms with E-state index >= 15 is 0 Å². The van der Waals surface area contributed by atoms with Gasteiger partial charge in [0.05, 0.1) is 6.42 Å². The van der Waals surface area contributed by atoms with Crippen molar-refractivity contribution in [2.24, 2.45) is 0 Å². The highest BCUT2D eigenvalue weighted by Gasteiger charge is 2.08. The van der Waals surface area contributed by atoms with Crippen molar-refractivity contribution in [3.8, 4) is 0 Å². The molecule has 0 radical (unpaired) electrons. The van der Waals surface area contributed by atoms with E-state index in [1.807, 2.05) is 24.3 Å². The van der Waals surface area contributed by atoms with Crippen molar-refractivity contribution in [1.29, 1.82) is 0 Å². The Morgan fingerprint density at radius 1 is 1.07 bits per heavy atom.